The van der Waals surface area contributed by atoms with E-state index in [4.69, 9.17) is 5.73 Å². The van der Waals surface area contributed by atoms with E-state index >= 15 is 0 Å². The second kappa shape index (κ2) is 5.73. The van der Waals surface area contributed by atoms with Crippen molar-refractivity contribution in [3.63, 3.8) is 0 Å². The molecule has 1 rings (SSSR count). The summed E-state index contributed by atoms with van der Waals surface area (Å²) in [7, 11) is 0. The van der Waals surface area contributed by atoms with Gasteiger partial charge >= 0.3 is 6.18 Å². The van der Waals surface area contributed by atoms with Crippen molar-refractivity contribution in [2.75, 3.05) is 11.9 Å². The molecule has 0 fully saturated rings. The maximum atomic E-state index is 12.4. The third-order valence-corrected chi connectivity index (χ3v) is 2.69. The van der Waals surface area contributed by atoms with Crippen LogP contribution in [0.1, 0.15) is 32.9 Å². The van der Waals surface area contributed by atoms with Gasteiger partial charge in [0.2, 0.25) is 0 Å². The number of aromatic nitrogens is 2. The van der Waals surface area contributed by atoms with Crippen molar-refractivity contribution in [3.8, 4) is 0 Å². The van der Waals surface area contributed by atoms with Crippen LogP contribution in [0.15, 0.2) is 12.1 Å². The van der Waals surface area contributed by atoms with Gasteiger partial charge in [-0.3, -0.25) is 0 Å². The van der Waals surface area contributed by atoms with E-state index in [1.807, 2.05) is 20.8 Å². The number of anilines is 1. The van der Waals surface area contributed by atoms with Gasteiger partial charge in [0, 0.05) is 12.1 Å². The van der Waals surface area contributed by atoms with Crippen LogP contribution in [0.2, 0.25) is 0 Å². The summed E-state index contributed by atoms with van der Waals surface area (Å²) in [4.78, 5) is 0. The van der Waals surface area contributed by atoms with Crippen LogP contribution in [0.5, 0.6) is 0 Å². The first-order valence-corrected chi connectivity index (χ1v) is 6.05. The van der Waals surface area contributed by atoms with Gasteiger partial charge in [0.15, 0.2) is 5.69 Å². The lowest BCUT2D eigenvalue weighted by molar-refractivity contribution is -0.141. The molecule has 0 aliphatic rings. The zero-order valence-corrected chi connectivity index (χ0v) is 11.3. The van der Waals surface area contributed by atoms with Crippen molar-refractivity contribution in [1.29, 1.82) is 0 Å². The molecule has 1 heterocycles. The normalized spacial score (nSPS) is 15.4. The van der Waals surface area contributed by atoms with Crippen molar-refractivity contribution in [2.45, 2.75) is 38.9 Å². The fourth-order valence-corrected chi connectivity index (χ4v) is 1.95. The smallest absolute Gasteiger partial charge is 0.362 e. The molecular formula is C12H19F3N4. The fraction of sp³-hybridized carbons (Fsp3) is 0.667. The summed E-state index contributed by atoms with van der Waals surface area (Å²) in [6.07, 6.45) is -3.69. The summed E-state index contributed by atoms with van der Waals surface area (Å²) >= 11 is 0. The van der Waals surface area contributed by atoms with Gasteiger partial charge in [0.1, 0.15) is 5.82 Å². The lowest BCUT2D eigenvalue weighted by atomic mass is 9.91. The average Bonchev–Trinajstić information content (AvgIpc) is 2.27. The van der Waals surface area contributed by atoms with Crippen molar-refractivity contribution in [2.24, 2.45) is 11.7 Å². The number of alkyl halides is 3. The third-order valence-electron chi connectivity index (χ3n) is 2.69. The van der Waals surface area contributed by atoms with Gasteiger partial charge in [0.25, 0.3) is 0 Å². The minimum atomic E-state index is -4.47. The Morgan fingerprint density at radius 2 is 1.89 bits per heavy atom. The highest BCUT2D eigenvalue weighted by Crippen LogP contribution is 2.27. The molecule has 0 aromatic carbocycles. The van der Waals surface area contributed by atoms with E-state index in [2.05, 4.69) is 15.5 Å². The highest BCUT2D eigenvalue weighted by atomic mass is 19.4. The molecule has 3 N–H and O–H groups in total. The molecule has 7 heteroatoms. The van der Waals surface area contributed by atoms with Crippen LogP contribution >= 0.6 is 0 Å². The van der Waals surface area contributed by atoms with Crippen molar-refractivity contribution >= 4 is 5.82 Å². The van der Waals surface area contributed by atoms with E-state index in [-0.39, 0.29) is 0 Å². The minimum Gasteiger partial charge on any atom is -0.362 e. The van der Waals surface area contributed by atoms with Crippen LogP contribution < -0.4 is 11.1 Å². The molecule has 0 spiro atoms. The highest BCUT2D eigenvalue weighted by Gasteiger charge is 2.33. The second-order valence-electron chi connectivity index (χ2n) is 5.29. The van der Waals surface area contributed by atoms with Crippen LogP contribution in [0.25, 0.3) is 0 Å². The van der Waals surface area contributed by atoms with Gasteiger partial charge in [-0.25, -0.2) is 0 Å². The SMILES string of the molecule is CC(C)CC(C)(CN)Nc1ccc(C(F)(F)F)nn1. The van der Waals surface area contributed by atoms with Gasteiger partial charge in [-0.05, 0) is 31.4 Å². The van der Waals surface area contributed by atoms with E-state index in [0.29, 0.717) is 18.3 Å². The topological polar surface area (TPSA) is 63.8 Å². The van der Waals surface area contributed by atoms with E-state index < -0.39 is 17.4 Å². The number of rotatable bonds is 5. The van der Waals surface area contributed by atoms with E-state index in [9.17, 15) is 13.2 Å². The Morgan fingerprint density at radius 3 is 2.26 bits per heavy atom. The Labute approximate surface area is 110 Å². The summed E-state index contributed by atoms with van der Waals surface area (Å²) < 4.78 is 37.1. The fourth-order valence-electron chi connectivity index (χ4n) is 1.95. The van der Waals surface area contributed by atoms with E-state index in [1.54, 1.807) is 0 Å². The molecule has 0 amide bonds. The Balaban J connectivity index is 2.82. The average molecular weight is 276 g/mol. The Morgan fingerprint density at radius 1 is 1.26 bits per heavy atom. The van der Waals surface area contributed by atoms with Crippen LogP contribution in [-0.4, -0.2) is 22.3 Å². The van der Waals surface area contributed by atoms with Gasteiger partial charge < -0.3 is 11.1 Å². The molecule has 0 aliphatic heterocycles. The molecule has 0 aliphatic carbocycles. The summed E-state index contributed by atoms with van der Waals surface area (Å²) in [5, 5.41) is 9.77. The monoisotopic (exact) mass is 276 g/mol. The van der Waals surface area contributed by atoms with Crippen LogP contribution in [0, 0.1) is 5.92 Å². The van der Waals surface area contributed by atoms with Crippen molar-refractivity contribution in [1.82, 2.24) is 10.2 Å². The Bertz CT molecular complexity index is 402. The summed E-state index contributed by atoms with van der Waals surface area (Å²) in [6.45, 7) is 6.36. The molecule has 0 saturated carbocycles. The van der Waals surface area contributed by atoms with Crippen LogP contribution in [0.4, 0.5) is 19.0 Å². The molecule has 0 bridgehead atoms. The number of nitrogens with zero attached hydrogens (tertiary/aromatic N) is 2. The molecule has 19 heavy (non-hydrogen) atoms. The third kappa shape index (κ3) is 4.66. The summed E-state index contributed by atoms with van der Waals surface area (Å²) in [5.74, 6) is 0.699. The summed E-state index contributed by atoms with van der Waals surface area (Å²) in [5.41, 5.74) is 4.29. The van der Waals surface area contributed by atoms with Gasteiger partial charge in [-0.15, -0.1) is 10.2 Å². The second-order valence-corrected chi connectivity index (χ2v) is 5.29. The first kappa shape index (κ1) is 15.7. The number of nitrogens with two attached hydrogens (primary N) is 1. The Kier molecular flexibility index (Phi) is 4.73. The molecule has 1 atom stereocenters. The standard InChI is InChI=1S/C12H19F3N4/c1-8(2)6-11(3,7-16)17-10-5-4-9(18-19-10)12(13,14)15/h4-5,8H,6-7,16H2,1-3H3,(H,17,19). The van der Waals surface area contributed by atoms with Gasteiger partial charge in [-0.1, -0.05) is 13.8 Å². The molecule has 1 unspecified atom stereocenters. The first-order valence-electron chi connectivity index (χ1n) is 6.05. The minimum absolute atomic E-state index is 0.293. The maximum Gasteiger partial charge on any atom is 0.435 e. The number of hydrogen-bond acceptors (Lipinski definition) is 4. The summed E-state index contributed by atoms with van der Waals surface area (Å²) in [6, 6.07) is 2.17. The number of nitrogens with one attached hydrogen (secondary N) is 1. The highest BCUT2D eigenvalue weighted by molar-refractivity contribution is 5.37. The predicted octanol–water partition coefficient (Wildman–Crippen LogP) is 2.67. The van der Waals surface area contributed by atoms with Crippen molar-refractivity contribution in [3.05, 3.63) is 17.8 Å². The zero-order valence-electron chi connectivity index (χ0n) is 11.3. The van der Waals surface area contributed by atoms with E-state index in [1.165, 1.54) is 6.07 Å². The molecule has 0 radical (unpaired) electrons. The zero-order chi connectivity index (χ0) is 14.7. The molecular weight excluding hydrogens is 257 g/mol. The molecule has 4 nitrogen and oxygen atoms in total. The van der Waals surface area contributed by atoms with Crippen LogP contribution in [0.3, 0.4) is 0 Å². The quantitative estimate of drug-likeness (QED) is 0.868. The maximum absolute atomic E-state index is 12.4. The van der Waals surface area contributed by atoms with Crippen molar-refractivity contribution < 1.29 is 13.2 Å². The first-order chi connectivity index (χ1) is 8.66. The predicted molar refractivity (Wildman–Crippen MR) is 67.6 cm³/mol. The van der Waals surface area contributed by atoms with Gasteiger partial charge in [0.05, 0.1) is 0 Å². The largest absolute Gasteiger partial charge is 0.435 e. The number of hydrogen-bond donors (Lipinski definition) is 2. The molecule has 1 aromatic rings. The molecule has 108 valence electrons. The van der Waals surface area contributed by atoms with E-state index in [0.717, 1.165) is 12.5 Å². The molecule has 1 aromatic heterocycles. The van der Waals surface area contributed by atoms with Crippen LogP contribution in [-0.2, 0) is 6.18 Å². The van der Waals surface area contributed by atoms with Gasteiger partial charge in [-0.2, -0.15) is 13.2 Å². The molecule has 0 saturated heterocycles. The number of halogens is 3. The lowest BCUT2D eigenvalue weighted by Gasteiger charge is -2.31. The Hall–Kier alpha value is -1.37. The lowest BCUT2D eigenvalue weighted by Crippen LogP contribution is -2.44.